The van der Waals surface area contributed by atoms with Crippen LogP contribution in [0.25, 0.3) is 21.7 Å². The van der Waals surface area contributed by atoms with E-state index in [1.54, 1.807) is 23.5 Å². The molecule has 0 aliphatic carbocycles. The van der Waals surface area contributed by atoms with Gasteiger partial charge in [-0.3, -0.25) is 0 Å². The summed E-state index contributed by atoms with van der Waals surface area (Å²) in [5.41, 5.74) is 5.32. The third-order valence-corrected chi connectivity index (χ3v) is 5.41. The minimum absolute atomic E-state index is 0.242. The molecule has 3 aromatic carbocycles. The van der Waals surface area contributed by atoms with Gasteiger partial charge in [-0.1, -0.05) is 71.5 Å². The lowest BCUT2D eigenvalue weighted by atomic mass is 10.1. The van der Waals surface area contributed by atoms with E-state index < -0.39 is 0 Å². The predicted octanol–water partition coefficient (Wildman–Crippen LogP) is 5.95. The number of benzene rings is 3. The summed E-state index contributed by atoms with van der Waals surface area (Å²) in [6.07, 6.45) is 0.250. The maximum Gasteiger partial charge on any atom is 0.373 e. The monoisotopic (exact) mass is 418 g/mol. The van der Waals surface area contributed by atoms with Crippen molar-refractivity contribution >= 4 is 22.6 Å². The van der Waals surface area contributed by atoms with Gasteiger partial charge in [-0.15, -0.1) is 0 Å². The second-order valence-electron chi connectivity index (χ2n) is 6.49. The first kappa shape index (κ1) is 21.1. The Kier molecular flexibility index (Phi) is 7.22. The molecule has 4 rings (SSSR count). The minimum Gasteiger partial charge on any atom is -0.357 e. The molecule has 1 heterocycles. The van der Waals surface area contributed by atoms with Gasteiger partial charge >= 0.3 is 6.15 Å². The second kappa shape index (κ2) is 10.3. The van der Waals surface area contributed by atoms with Crippen molar-refractivity contribution in [2.24, 2.45) is 0 Å². The zero-order valence-electron chi connectivity index (χ0n) is 16.3. The number of carbonyl (C=O) groups excluding carboxylic acids is 2. The van der Waals surface area contributed by atoms with Crippen molar-refractivity contribution < 1.29 is 14.0 Å². The number of anilines is 1. The number of thiazole rings is 1. The number of halogens is 1. The van der Waals surface area contributed by atoms with Crippen LogP contribution in [0.4, 0.5) is 9.52 Å². The second-order valence-corrected chi connectivity index (χ2v) is 7.49. The van der Waals surface area contributed by atoms with Gasteiger partial charge in [0.05, 0.1) is 10.6 Å². The van der Waals surface area contributed by atoms with E-state index in [4.69, 9.17) is 14.6 Å². The summed E-state index contributed by atoms with van der Waals surface area (Å²) >= 11 is 1.62. The molecule has 150 valence electrons. The lowest BCUT2D eigenvalue weighted by Crippen LogP contribution is -1.98. The van der Waals surface area contributed by atoms with Crippen LogP contribution in [0.2, 0.25) is 0 Å². The maximum atomic E-state index is 13.4. The summed E-state index contributed by atoms with van der Waals surface area (Å²) in [7, 11) is 0. The molecule has 4 aromatic rings. The first-order valence-corrected chi connectivity index (χ1v) is 10.0. The van der Waals surface area contributed by atoms with Crippen LogP contribution in [0.1, 0.15) is 11.1 Å². The normalized spacial score (nSPS) is 9.93. The predicted molar refractivity (Wildman–Crippen MR) is 116 cm³/mol. The fraction of sp³-hybridized carbons (Fsp3) is 0.0833. The average molecular weight is 418 g/mol. The van der Waals surface area contributed by atoms with Crippen molar-refractivity contribution in [3.05, 3.63) is 95.8 Å². The van der Waals surface area contributed by atoms with Gasteiger partial charge in [0.1, 0.15) is 5.82 Å². The smallest absolute Gasteiger partial charge is 0.357 e. The van der Waals surface area contributed by atoms with Gasteiger partial charge in [-0.25, -0.2) is 9.37 Å². The highest BCUT2D eigenvalue weighted by atomic mass is 32.1. The fourth-order valence-corrected chi connectivity index (χ4v) is 3.86. The molecule has 30 heavy (non-hydrogen) atoms. The summed E-state index contributed by atoms with van der Waals surface area (Å²) in [4.78, 5) is 22.1. The summed E-state index contributed by atoms with van der Waals surface area (Å²) in [6, 6.07) is 25.2. The van der Waals surface area contributed by atoms with E-state index in [1.165, 1.54) is 23.3 Å². The Balaban J connectivity index is 0.000000806. The largest absolute Gasteiger partial charge is 0.373 e. The quantitative estimate of drug-likeness (QED) is 0.435. The van der Waals surface area contributed by atoms with Crippen LogP contribution >= 0.6 is 11.3 Å². The third kappa shape index (κ3) is 5.47. The van der Waals surface area contributed by atoms with Gasteiger partial charge in [0.15, 0.2) is 5.13 Å². The molecule has 0 atom stereocenters. The maximum absolute atomic E-state index is 13.4. The summed E-state index contributed by atoms with van der Waals surface area (Å²) in [5, 5.41) is 4.27. The molecule has 0 spiro atoms. The molecule has 0 saturated carbocycles. The molecule has 6 heteroatoms. The van der Waals surface area contributed by atoms with Crippen LogP contribution in [0.5, 0.6) is 0 Å². The average Bonchev–Trinajstić information content (AvgIpc) is 3.19. The number of aromatic nitrogens is 1. The van der Waals surface area contributed by atoms with Crippen LogP contribution in [-0.4, -0.2) is 11.1 Å². The topological polar surface area (TPSA) is 59.1 Å². The lowest BCUT2D eigenvalue weighted by molar-refractivity contribution is -0.191. The van der Waals surface area contributed by atoms with Crippen LogP contribution in [0.15, 0.2) is 78.9 Å². The zero-order chi connectivity index (χ0) is 21.3. The van der Waals surface area contributed by atoms with Crippen molar-refractivity contribution in [1.82, 2.24) is 4.98 Å². The molecule has 0 radical (unpaired) electrons. The Morgan fingerprint density at radius 1 is 0.900 bits per heavy atom. The first-order valence-electron chi connectivity index (χ1n) is 9.21. The van der Waals surface area contributed by atoms with Crippen LogP contribution < -0.4 is 5.32 Å². The highest BCUT2D eigenvalue weighted by Gasteiger charge is 2.15. The molecule has 0 aliphatic heterocycles. The number of aryl methyl sites for hydroxylation is 1. The highest BCUT2D eigenvalue weighted by Crippen LogP contribution is 2.39. The van der Waals surface area contributed by atoms with Crippen molar-refractivity contribution in [2.45, 2.75) is 13.5 Å². The standard InChI is InChI=1S/C23H19FN2S.CO2/c1-16-7-9-19(10-8-16)22-21(18-11-13-20(24)14-12-18)26-23(27-22)25-15-17-5-3-2-4-6-17;2-1-3/h2-14H,15H2,1H3,(H,25,26);. The summed E-state index contributed by atoms with van der Waals surface area (Å²) < 4.78 is 13.4. The summed E-state index contributed by atoms with van der Waals surface area (Å²) in [6.45, 7) is 2.79. The van der Waals surface area contributed by atoms with Gasteiger partial charge in [-0.05, 0) is 42.3 Å². The van der Waals surface area contributed by atoms with E-state index in [9.17, 15) is 4.39 Å². The van der Waals surface area contributed by atoms with Gasteiger partial charge < -0.3 is 5.32 Å². The van der Waals surface area contributed by atoms with E-state index in [0.717, 1.165) is 26.8 Å². The molecule has 1 aromatic heterocycles. The van der Waals surface area contributed by atoms with Gasteiger partial charge in [-0.2, -0.15) is 9.59 Å². The van der Waals surface area contributed by atoms with E-state index in [1.807, 2.05) is 18.2 Å². The molecule has 1 N–H and O–H groups in total. The number of hydrogen-bond donors (Lipinski definition) is 1. The molecule has 4 nitrogen and oxygen atoms in total. The Morgan fingerprint density at radius 2 is 1.50 bits per heavy atom. The van der Waals surface area contributed by atoms with E-state index in [0.29, 0.717) is 6.54 Å². The lowest BCUT2D eigenvalue weighted by Gasteiger charge is -2.03. The van der Waals surface area contributed by atoms with Gasteiger partial charge in [0, 0.05) is 12.1 Å². The van der Waals surface area contributed by atoms with E-state index in [-0.39, 0.29) is 12.0 Å². The zero-order valence-corrected chi connectivity index (χ0v) is 17.1. The molecule has 0 aliphatic rings. The Bertz CT molecular complexity index is 1060. The Morgan fingerprint density at radius 3 is 2.13 bits per heavy atom. The highest BCUT2D eigenvalue weighted by molar-refractivity contribution is 7.19. The van der Waals surface area contributed by atoms with Crippen LogP contribution in [0, 0.1) is 12.7 Å². The Hall–Kier alpha value is -3.60. The number of hydrogen-bond acceptors (Lipinski definition) is 5. The first-order chi connectivity index (χ1) is 14.6. The molecule has 0 fully saturated rings. The van der Waals surface area contributed by atoms with Crippen molar-refractivity contribution in [3.63, 3.8) is 0 Å². The van der Waals surface area contributed by atoms with Crippen LogP contribution in [-0.2, 0) is 16.1 Å². The van der Waals surface area contributed by atoms with Crippen molar-refractivity contribution in [2.75, 3.05) is 5.32 Å². The van der Waals surface area contributed by atoms with Crippen molar-refractivity contribution in [3.8, 4) is 21.7 Å². The third-order valence-electron chi connectivity index (χ3n) is 4.35. The molecular weight excluding hydrogens is 399 g/mol. The van der Waals surface area contributed by atoms with Crippen LogP contribution in [0.3, 0.4) is 0 Å². The molecular formula is C24H19FN2O2S. The number of nitrogens with one attached hydrogen (secondary N) is 1. The fourth-order valence-electron chi connectivity index (χ4n) is 2.87. The van der Waals surface area contributed by atoms with E-state index >= 15 is 0 Å². The Labute approximate surface area is 178 Å². The van der Waals surface area contributed by atoms with Crippen molar-refractivity contribution in [1.29, 1.82) is 0 Å². The number of rotatable bonds is 5. The molecule has 0 unspecified atom stereocenters. The molecule has 0 amide bonds. The number of nitrogens with zero attached hydrogens (tertiary/aromatic N) is 1. The minimum atomic E-state index is -0.242. The summed E-state index contributed by atoms with van der Waals surface area (Å²) in [5.74, 6) is -0.242. The molecule has 0 saturated heterocycles. The molecule has 0 bridgehead atoms. The SMILES string of the molecule is Cc1ccc(-c2sc(NCc3ccccc3)nc2-c2ccc(F)cc2)cc1.O=C=O. The van der Waals surface area contributed by atoms with E-state index in [2.05, 4.69) is 48.6 Å². The van der Waals surface area contributed by atoms with Gasteiger partial charge in [0.2, 0.25) is 0 Å². The van der Waals surface area contributed by atoms with Gasteiger partial charge in [0.25, 0.3) is 0 Å².